The highest BCUT2D eigenvalue weighted by molar-refractivity contribution is 7.92. The average Bonchev–Trinajstić information content (AvgIpc) is 3.00. The number of ether oxygens (including phenoxy) is 1. The van der Waals surface area contributed by atoms with Gasteiger partial charge in [-0.25, -0.2) is 13.4 Å². The normalized spacial score (nSPS) is 14.0. The molecule has 3 aromatic carbocycles. The van der Waals surface area contributed by atoms with Crippen LogP contribution >= 0.6 is 0 Å². The Labute approximate surface area is 252 Å². The molecule has 1 aromatic heterocycles. The van der Waals surface area contributed by atoms with E-state index in [0.717, 1.165) is 55.5 Å². The number of hydrogen-bond donors (Lipinski definition) is 1. The van der Waals surface area contributed by atoms with Crippen LogP contribution in [0.1, 0.15) is 29.5 Å². The number of carbonyl (C=O) groups is 1. The van der Waals surface area contributed by atoms with E-state index in [1.165, 1.54) is 0 Å². The molecule has 220 valence electrons. The number of carbonyl (C=O) groups excluding carboxylic acids is 1. The van der Waals surface area contributed by atoms with Crippen molar-refractivity contribution < 1.29 is 17.9 Å². The molecule has 1 aliphatic heterocycles. The predicted molar refractivity (Wildman–Crippen MR) is 166 cm³/mol. The van der Waals surface area contributed by atoms with Crippen LogP contribution in [0, 0.1) is 11.3 Å². The van der Waals surface area contributed by atoms with Gasteiger partial charge in [-0.15, -0.1) is 0 Å². The SMILES string of the molecule is CS(=O)(=O)Nc1ccc(Oc2ccc(CN3CCC(N(C(=O)Cc4cccc(C#N)c4)c4ccccc4)CC3)cn2)cc1. The summed E-state index contributed by atoms with van der Waals surface area (Å²) in [7, 11) is -3.34. The van der Waals surface area contributed by atoms with E-state index in [2.05, 4.69) is 20.7 Å². The van der Waals surface area contributed by atoms with Crippen molar-refractivity contribution in [3.63, 3.8) is 0 Å². The molecule has 0 aliphatic carbocycles. The van der Waals surface area contributed by atoms with E-state index >= 15 is 0 Å². The first kappa shape index (κ1) is 29.8. The summed E-state index contributed by atoms with van der Waals surface area (Å²) in [5, 5.41) is 9.25. The summed E-state index contributed by atoms with van der Waals surface area (Å²) in [5.74, 6) is 1.03. The van der Waals surface area contributed by atoms with Crippen LogP contribution in [0.5, 0.6) is 11.6 Å². The fourth-order valence-electron chi connectivity index (χ4n) is 5.24. The fourth-order valence-corrected chi connectivity index (χ4v) is 5.81. The first-order valence-electron chi connectivity index (χ1n) is 14.0. The molecule has 0 unspecified atom stereocenters. The van der Waals surface area contributed by atoms with Crippen LogP contribution in [0.2, 0.25) is 0 Å². The van der Waals surface area contributed by atoms with Crippen molar-refractivity contribution in [3.05, 3.63) is 114 Å². The molecule has 43 heavy (non-hydrogen) atoms. The van der Waals surface area contributed by atoms with Crippen molar-refractivity contribution in [2.75, 3.05) is 29.0 Å². The molecule has 1 fully saturated rings. The van der Waals surface area contributed by atoms with Gasteiger partial charge in [-0.1, -0.05) is 36.4 Å². The van der Waals surface area contributed by atoms with Crippen LogP contribution < -0.4 is 14.4 Å². The highest BCUT2D eigenvalue weighted by Crippen LogP contribution is 2.27. The standard InChI is InChI=1S/C33H33N5O4S/c1-43(40,41)36-28-11-13-31(14-12-28)42-32-15-10-27(23-35-32)24-37-18-16-30(17-19-37)38(29-8-3-2-4-9-29)33(39)21-25-6-5-7-26(20-25)22-34/h2-15,20,23,30,36H,16-19,21,24H2,1H3. The number of nitriles is 1. The molecular formula is C33H33N5O4S. The molecule has 9 nitrogen and oxygen atoms in total. The number of aromatic nitrogens is 1. The van der Waals surface area contributed by atoms with E-state index in [-0.39, 0.29) is 18.4 Å². The van der Waals surface area contributed by atoms with E-state index in [1.54, 1.807) is 42.6 Å². The second-order valence-electron chi connectivity index (χ2n) is 10.6. The van der Waals surface area contributed by atoms with Crippen molar-refractivity contribution in [1.29, 1.82) is 5.26 Å². The van der Waals surface area contributed by atoms with E-state index in [0.29, 0.717) is 22.9 Å². The molecular weight excluding hydrogens is 562 g/mol. The zero-order chi connectivity index (χ0) is 30.2. The Morgan fingerprint density at radius 1 is 1.00 bits per heavy atom. The Bertz CT molecular complexity index is 1680. The van der Waals surface area contributed by atoms with Crippen molar-refractivity contribution in [1.82, 2.24) is 9.88 Å². The molecule has 0 radical (unpaired) electrons. The fraction of sp³-hybridized carbons (Fsp3) is 0.242. The number of piperidine rings is 1. The van der Waals surface area contributed by atoms with Gasteiger partial charge in [-0.2, -0.15) is 5.26 Å². The highest BCUT2D eigenvalue weighted by atomic mass is 32.2. The number of pyridine rings is 1. The maximum Gasteiger partial charge on any atom is 0.231 e. The van der Waals surface area contributed by atoms with Crippen molar-refractivity contribution in [3.8, 4) is 17.7 Å². The number of amides is 1. The van der Waals surface area contributed by atoms with Crippen molar-refractivity contribution in [2.24, 2.45) is 0 Å². The van der Waals surface area contributed by atoms with Crippen LogP contribution in [0.25, 0.3) is 0 Å². The molecule has 1 saturated heterocycles. The Morgan fingerprint density at radius 3 is 2.40 bits per heavy atom. The topological polar surface area (TPSA) is 116 Å². The zero-order valence-corrected chi connectivity index (χ0v) is 24.7. The van der Waals surface area contributed by atoms with Crippen LogP contribution in [0.15, 0.2) is 97.2 Å². The Morgan fingerprint density at radius 2 is 1.74 bits per heavy atom. The molecule has 0 bridgehead atoms. The Kier molecular flexibility index (Phi) is 9.35. The van der Waals surface area contributed by atoms with Crippen molar-refractivity contribution in [2.45, 2.75) is 31.8 Å². The van der Waals surface area contributed by atoms with Gasteiger partial charge in [-0.3, -0.25) is 14.4 Å². The smallest absolute Gasteiger partial charge is 0.231 e. The third-order valence-electron chi connectivity index (χ3n) is 7.22. The number of hydrogen-bond acceptors (Lipinski definition) is 7. The second-order valence-corrected chi connectivity index (χ2v) is 12.3. The number of para-hydroxylation sites is 1. The lowest BCUT2D eigenvalue weighted by Gasteiger charge is -2.38. The molecule has 1 aliphatic rings. The van der Waals surface area contributed by atoms with Crippen LogP contribution in [-0.4, -0.2) is 49.6 Å². The Hall–Kier alpha value is -4.72. The van der Waals surface area contributed by atoms with Gasteiger partial charge in [0.2, 0.25) is 21.8 Å². The lowest BCUT2D eigenvalue weighted by Crippen LogP contribution is -2.48. The summed E-state index contributed by atoms with van der Waals surface area (Å²) < 4.78 is 31.0. The minimum absolute atomic E-state index is 0.0285. The summed E-state index contributed by atoms with van der Waals surface area (Å²) in [6, 6.07) is 29.7. The minimum atomic E-state index is -3.34. The summed E-state index contributed by atoms with van der Waals surface area (Å²) in [6.45, 7) is 2.43. The van der Waals surface area contributed by atoms with Gasteiger partial charge in [0.05, 0.1) is 24.3 Å². The number of nitrogens with zero attached hydrogens (tertiary/aromatic N) is 4. The predicted octanol–water partition coefficient (Wildman–Crippen LogP) is 5.36. The number of likely N-dealkylation sites (tertiary alicyclic amines) is 1. The molecule has 0 spiro atoms. The quantitative estimate of drug-likeness (QED) is 0.263. The van der Waals surface area contributed by atoms with Gasteiger partial charge in [0.25, 0.3) is 0 Å². The first-order valence-corrected chi connectivity index (χ1v) is 15.9. The maximum atomic E-state index is 13.6. The van der Waals surface area contributed by atoms with Gasteiger partial charge in [0.1, 0.15) is 5.75 Å². The maximum absolute atomic E-state index is 13.6. The van der Waals surface area contributed by atoms with E-state index < -0.39 is 10.0 Å². The zero-order valence-electron chi connectivity index (χ0n) is 23.9. The third-order valence-corrected chi connectivity index (χ3v) is 7.83. The molecule has 5 rings (SSSR count). The third kappa shape index (κ3) is 8.41. The first-order chi connectivity index (χ1) is 20.8. The lowest BCUT2D eigenvalue weighted by molar-refractivity contribution is -0.118. The van der Waals surface area contributed by atoms with E-state index in [4.69, 9.17) is 4.74 Å². The minimum Gasteiger partial charge on any atom is -0.439 e. The molecule has 2 heterocycles. The monoisotopic (exact) mass is 595 g/mol. The summed E-state index contributed by atoms with van der Waals surface area (Å²) in [4.78, 5) is 22.4. The molecule has 0 atom stereocenters. The molecule has 1 N–H and O–H groups in total. The summed E-state index contributed by atoms with van der Waals surface area (Å²) in [6.07, 6.45) is 4.84. The van der Waals surface area contributed by atoms with Gasteiger partial charge in [0.15, 0.2) is 0 Å². The van der Waals surface area contributed by atoms with Gasteiger partial charge in [-0.05, 0) is 72.5 Å². The highest BCUT2D eigenvalue weighted by Gasteiger charge is 2.29. The lowest BCUT2D eigenvalue weighted by atomic mass is 10.00. The summed E-state index contributed by atoms with van der Waals surface area (Å²) >= 11 is 0. The van der Waals surface area contributed by atoms with Gasteiger partial charge >= 0.3 is 0 Å². The van der Waals surface area contributed by atoms with E-state index in [9.17, 15) is 18.5 Å². The van der Waals surface area contributed by atoms with Crippen molar-refractivity contribution >= 4 is 27.3 Å². The van der Waals surface area contributed by atoms with E-state index in [1.807, 2.05) is 59.5 Å². The molecule has 1 amide bonds. The number of anilines is 2. The largest absolute Gasteiger partial charge is 0.439 e. The molecule has 0 saturated carbocycles. The van der Waals surface area contributed by atoms with Crippen LogP contribution in [-0.2, 0) is 27.8 Å². The van der Waals surface area contributed by atoms with Gasteiger partial charge in [0, 0.05) is 49.3 Å². The Balaban J connectivity index is 1.17. The van der Waals surface area contributed by atoms with Crippen LogP contribution in [0.3, 0.4) is 0 Å². The van der Waals surface area contributed by atoms with Crippen LogP contribution in [0.4, 0.5) is 11.4 Å². The second kappa shape index (κ2) is 13.5. The number of nitrogens with one attached hydrogen (secondary N) is 1. The average molecular weight is 596 g/mol. The number of sulfonamides is 1. The van der Waals surface area contributed by atoms with Gasteiger partial charge < -0.3 is 9.64 Å². The number of benzene rings is 3. The molecule has 4 aromatic rings. The summed E-state index contributed by atoms with van der Waals surface area (Å²) in [5.41, 5.74) is 3.80. The molecule has 10 heteroatoms. The number of rotatable bonds is 10.